The number of rotatable bonds is 4. The second-order valence-electron chi connectivity index (χ2n) is 31.9. The van der Waals surface area contributed by atoms with E-state index in [2.05, 4.69) is 279 Å². The normalized spacial score (nSPS) is 17.4. The van der Waals surface area contributed by atoms with Crippen molar-refractivity contribution in [1.29, 1.82) is 0 Å². The quantitative estimate of drug-likeness (QED) is 0.188. The van der Waals surface area contributed by atoms with E-state index >= 15 is 0 Å². The molecule has 1 fully saturated rings. The van der Waals surface area contributed by atoms with Gasteiger partial charge in [0, 0.05) is 10.6 Å². The van der Waals surface area contributed by atoms with Crippen molar-refractivity contribution in [3.63, 3.8) is 0 Å². The summed E-state index contributed by atoms with van der Waals surface area (Å²) in [7, 11) is -2.52. The summed E-state index contributed by atoms with van der Waals surface area (Å²) < 4.78 is 6.30. The average Bonchev–Trinajstić information content (AvgIpc) is 3.10. The first-order chi connectivity index (χ1) is 30.9. The molecule has 1 saturated heterocycles. The van der Waals surface area contributed by atoms with E-state index in [-0.39, 0.29) is 54.1 Å². The van der Waals surface area contributed by atoms with Gasteiger partial charge in [-0.15, -0.1) is 0 Å². The van der Waals surface area contributed by atoms with Crippen LogP contribution in [0.2, 0.25) is 0 Å². The molecule has 0 saturated carbocycles. The average molecular weight is 988 g/mol. The van der Waals surface area contributed by atoms with Crippen molar-refractivity contribution >= 4 is 38.4 Å². The number of aryl methyl sites for hydroxylation is 2. The molecule has 0 spiro atoms. The second kappa shape index (κ2) is 18.0. The Bertz CT molecular complexity index is 2270. The minimum Gasteiger partial charge on any atom is -0.286 e. The van der Waals surface area contributed by atoms with Crippen LogP contribution in [0.3, 0.4) is 0 Å². The second-order valence-corrected chi connectivity index (χ2v) is 36.2. The van der Waals surface area contributed by atoms with Crippen LogP contribution in [-0.2, 0) is 54.1 Å². The fourth-order valence-corrected chi connectivity index (χ4v) is 18.1. The van der Waals surface area contributed by atoms with Gasteiger partial charge in [0.05, 0.1) is 11.4 Å². The van der Waals surface area contributed by atoms with Gasteiger partial charge < -0.3 is 0 Å². The highest BCUT2D eigenvalue weighted by Crippen LogP contribution is 2.81. The van der Waals surface area contributed by atoms with Gasteiger partial charge in [0.2, 0.25) is 0 Å². The molecular formula is C66H104N2P2. The predicted molar refractivity (Wildman–Crippen MR) is 320 cm³/mol. The molecule has 0 aromatic heterocycles. The molecule has 0 amide bonds. The van der Waals surface area contributed by atoms with Gasteiger partial charge in [-0.05, 0) is 124 Å². The van der Waals surface area contributed by atoms with Gasteiger partial charge in [-0.2, -0.15) is 0 Å². The molecule has 388 valence electrons. The lowest BCUT2D eigenvalue weighted by Crippen LogP contribution is -2.52. The molecule has 4 aromatic rings. The predicted octanol–water partition coefficient (Wildman–Crippen LogP) is 19.9. The minimum absolute atomic E-state index is 0.0268. The largest absolute Gasteiger partial charge is 0.286 e. The van der Waals surface area contributed by atoms with Gasteiger partial charge in [-0.1, -0.05) is 267 Å². The van der Waals surface area contributed by atoms with E-state index in [0.29, 0.717) is 0 Å². The van der Waals surface area contributed by atoms with Gasteiger partial charge >= 0.3 is 0 Å². The topological polar surface area (TPSA) is 6.48 Å². The van der Waals surface area contributed by atoms with E-state index in [1.807, 2.05) is 0 Å². The Balaban J connectivity index is 2.36. The van der Waals surface area contributed by atoms with Gasteiger partial charge in [0.15, 0.2) is 0 Å². The summed E-state index contributed by atoms with van der Waals surface area (Å²) >= 11 is 0. The number of hydrogen-bond donors (Lipinski definition) is 0. The Morgan fingerprint density at radius 1 is 0.243 bits per heavy atom. The molecule has 5 rings (SSSR count). The lowest BCUT2D eigenvalue weighted by molar-refractivity contribution is 0.553. The number of benzene rings is 4. The van der Waals surface area contributed by atoms with Crippen LogP contribution >= 0.6 is 16.4 Å². The molecule has 0 bridgehead atoms. The first-order valence-corrected chi connectivity index (χ1v) is 29.3. The smallest absolute Gasteiger partial charge is 0.139 e. The summed E-state index contributed by atoms with van der Waals surface area (Å²) in [6, 6.07) is 20.9. The molecule has 1 aliphatic rings. The van der Waals surface area contributed by atoms with E-state index in [0.717, 1.165) is 0 Å². The molecule has 70 heavy (non-hydrogen) atoms. The van der Waals surface area contributed by atoms with Gasteiger partial charge in [-0.25, -0.2) is 0 Å². The zero-order chi connectivity index (χ0) is 54.2. The van der Waals surface area contributed by atoms with E-state index in [4.69, 9.17) is 0 Å². The zero-order valence-electron chi connectivity index (χ0n) is 51.4. The summed E-state index contributed by atoms with van der Waals surface area (Å²) in [6.07, 6.45) is 0. The molecular weight excluding hydrogens is 883 g/mol. The molecule has 4 aromatic carbocycles. The van der Waals surface area contributed by atoms with Crippen molar-refractivity contribution in [2.24, 2.45) is 0 Å². The van der Waals surface area contributed by atoms with Crippen LogP contribution in [0, 0.1) is 13.8 Å². The summed E-state index contributed by atoms with van der Waals surface area (Å²) in [5.74, 6) is 0. The van der Waals surface area contributed by atoms with Crippen LogP contribution in [0.1, 0.15) is 274 Å². The van der Waals surface area contributed by atoms with Crippen molar-refractivity contribution in [2.75, 3.05) is 8.88 Å². The summed E-state index contributed by atoms with van der Waals surface area (Å²) in [6.45, 7) is 78.5. The van der Waals surface area contributed by atoms with Gasteiger partial charge in [-0.3, -0.25) is 8.88 Å². The van der Waals surface area contributed by atoms with E-state index in [9.17, 15) is 0 Å². The molecule has 1 heterocycles. The number of nitrogens with zero attached hydrogens (tertiary/aromatic N) is 2. The fraction of sp³-hybridized carbons (Fsp3) is 0.636. The molecule has 2 nitrogen and oxygen atoms in total. The van der Waals surface area contributed by atoms with Gasteiger partial charge in [0.25, 0.3) is 0 Å². The van der Waals surface area contributed by atoms with Crippen LogP contribution in [-0.4, -0.2) is 0 Å². The minimum atomic E-state index is -1.26. The van der Waals surface area contributed by atoms with Crippen molar-refractivity contribution in [3.8, 4) is 0 Å². The van der Waals surface area contributed by atoms with E-state index in [1.54, 1.807) is 10.6 Å². The van der Waals surface area contributed by atoms with Crippen LogP contribution in [0.25, 0.3) is 0 Å². The Morgan fingerprint density at radius 2 is 0.414 bits per heavy atom. The van der Waals surface area contributed by atoms with Crippen LogP contribution < -0.4 is 19.5 Å². The van der Waals surface area contributed by atoms with Crippen molar-refractivity contribution in [3.05, 3.63) is 115 Å². The molecule has 0 radical (unpaired) electrons. The molecule has 1 aliphatic heterocycles. The lowest BCUT2D eigenvalue weighted by atomic mass is 9.75. The summed E-state index contributed by atoms with van der Waals surface area (Å²) in [5.41, 5.74) is 19.0. The first kappa shape index (κ1) is 58.2. The van der Waals surface area contributed by atoms with E-state index < -0.39 is 16.4 Å². The number of anilines is 2. The highest BCUT2D eigenvalue weighted by atomic mass is 31.3. The Labute approximate surface area is 436 Å². The highest BCUT2D eigenvalue weighted by Gasteiger charge is 2.58. The van der Waals surface area contributed by atoms with E-state index in [1.165, 1.54) is 78.1 Å². The maximum absolute atomic E-state index is 3.15. The third kappa shape index (κ3) is 11.5. The van der Waals surface area contributed by atoms with Crippen LogP contribution in [0.15, 0.2) is 48.5 Å². The summed E-state index contributed by atoms with van der Waals surface area (Å²) in [5, 5.41) is 3.09. The standard InChI is InChI=1S/C66H104N2P2/c1-41-33-45(59(9,10)11)53(46(34-41)60(12,13)14)67-69(55-49(63(21,22)23)37-43(57(3,4)5)38-50(55)64(24,25)26)68(54-47(61(15,16)17)35-42(2)36-48(54)62(18,19)20)70(67)56-51(65(27,28)29)39-44(58(6,7)8)40-52(56)66(30,31)32/h33-40H,1-32H3. The maximum Gasteiger partial charge on any atom is 0.139 e. The lowest BCUT2D eigenvalue weighted by Gasteiger charge is -2.63. The monoisotopic (exact) mass is 987 g/mol. The van der Waals surface area contributed by atoms with Gasteiger partial charge in [0.1, 0.15) is 16.4 Å². The van der Waals surface area contributed by atoms with Crippen molar-refractivity contribution < 1.29 is 0 Å². The maximum atomic E-state index is 3.15. The van der Waals surface area contributed by atoms with Crippen LogP contribution in [0.5, 0.6) is 0 Å². The Hall–Kier alpha value is -2.66. The molecule has 0 atom stereocenters. The fourth-order valence-electron chi connectivity index (χ4n) is 10.2. The van der Waals surface area contributed by atoms with Crippen molar-refractivity contribution in [1.82, 2.24) is 0 Å². The summed E-state index contributed by atoms with van der Waals surface area (Å²) in [4.78, 5) is 0. The zero-order valence-corrected chi connectivity index (χ0v) is 53.2. The third-order valence-corrected chi connectivity index (χ3v) is 20.5. The number of hydrogen-bond acceptors (Lipinski definition) is 2. The van der Waals surface area contributed by atoms with Crippen molar-refractivity contribution in [2.45, 2.75) is 276 Å². The Morgan fingerprint density at radius 3 is 0.557 bits per heavy atom. The SMILES string of the molecule is Cc1cc(C(C)(C)C)c(N2P(c3c(C(C)(C)C)cc(C(C)(C)C)cc3C(C)(C)C)N(c3c(C(C)(C)C)cc(C)cc3C(C)(C)C)P2c2c(C(C)(C)C)cc(C(C)(C)C)cc2C(C)(C)C)c(C(C)(C)C)c1. The molecule has 0 unspecified atom stereocenters. The van der Waals surface area contributed by atoms with Crippen LogP contribution in [0.4, 0.5) is 11.4 Å². The molecule has 4 heteroatoms. The molecule has 0 aliphatic carbocycles. The highest BCUT2D eigenvalue weighted by molar-refractivity contribution is 8.01. The Kier molecular flexibility index (Phi) is 15.0. The third-order valence-electron chi connectivity index (χ3n) is 14.4. The first-order valence-electron chi connectivity index (χ1n) is 26.8. The molecule has 0 N–H and O–H groups in total.